The standard InChI is InChI=1S/C60H39NOS/c1-3-11-40(12-4-1)41-21-23-42(24-22-41)43-25-32-48(33-26-43)61(50-36-29-46(30-37-50)51-16-10-20-58-59(51)54-15-7-8-19-57(54)63-58)49-34-27-44(28-35-49)47-31-38-56-55(39-47)53-18-9-17-52(60(53)62-56)45-13-5-2-6-14-45/h1-39H. The van der Waals surface area contributed by atoms with Gasteiger partial charge in [-0.1, -0.05) is 176 Å². The molecule has 0 N–H and O–H groups in total. The van der Waals surface area contributed by atoms with E-state index in [9.17, 15) is 0 Å². The van der Waals surface area contributed by atoms with Crippen molar-refractivity contribution < 1.29 is 4.42 Å². The van der Waals surface area contributed by atoms with Crippen molar-refractivity contribution >= 4 is 70.5 Å². The minimum Gasteiger partial charge on any atom is -0.455 e. The summed E-state index contributed by atoms with van der Waals surface area (Å²) < 4.78 is 9.13. The monoisotopic (exact) mass is 821 g/mol. The van der Waals surface area contributed by atoms with Crippen molar-refractivity contribution in [2.75, 3.05) is 4.90 Å². The molecule has 0 bridgehead atoms. The molecule has 0 fully saturated rings. The van der Waals surface area contributed by atoms with Crippen molar-refractivity contribution in [3.05, 3.63) is 237 Å². The number of nitrogens with zero attached hydrogens (tertiary/aromatic N) is 1. The Labute approximate surface area is 370 Å². The molecule has 0 amide bonds. The highest BCUT2D eigenvalue weighted by molar-refractivity contribution is 7.25. The maximum atomic E-state index is 6.50. The summed E-state index contributed by atoms with van der Waals surface area (Å²) in [4.78, 5) is 2.36. The Morgan fingerprint density at radius 2 is 0.746 bits per heavy atom. The first-order valence-corrected chi connectivity index (χ1v) is 22.2. The summed E-state index contributed by atoms with van der Waals surface area (Å²) >= 11 is 1.86. The summed E-state index contributed by atoms with van der Waals surface area (Å²) in [5.41, 5.74) is 16.9. The molecule has 0 aliphatic carbocycles. The fourth-order valence-corrected chi connectivity index (χ4v) is 10.3. The van der Waals surface area contributed by atoms with Crippen molar-refractivity contribution in [3.8, 4) is 55.6 Å². The Morgan fingerprint density at radius 3 is 1.40 bits per heavy atom. The number of benzene rings is 10. The van der Waals surface area contributed by atoms with Gasteiger partial charge in [0.05, 0.1) is 0 Å². The van der Waals surface area contributed by atoms with E-state index in [-0.39, 0.29) is 0 Å². The Morgan fingerprint density at radius 1 is 0.302 bits per heavy atom. The Hall–Kier alpha value is -7.98. The Bertz CT molecular complexity index is 3570. The van der Waals surface area contributed by atoms with E-state index in [1.54, 1.807) is 0 Å². The first-order valence-electron chi connectivity index (χ1n) is 21.4. The molecule has 12 aromatic rings. The fraction of sp³-hybridized carbons (Fsp3) is 0. The summed E-state index contributed by atoms with van der Waals surface area (Å²) in [6, 6.07) is 85.2. The zero-order valence-corrected chi connectivity index (χ0v) is 35.1. The number of hydrogen-bond acceptors (Lipinski definition) is 3. The molecule has 2 aromatic heterocycles. The zero-order chi connectivity index (χ0) is 41.7. The molecule has 0 radical (unpaired) electrons. The van der Waals surface area contributed by atoms with Crippen molar-refractivity contribution in [2.45, 2.75) is 0 Å². The minimum absolute atomic E-state index is 0.891. The first kappa shape index (κ1) is 36.8. The molecule has 3 heteroatoms. The lowest BCUT2D eigenvalue weighted by Gasteiger charge is -2.26. The lowest BCUT2D eigenvalue weighted by molar-refractivity contribution is 0.670. The van der Waals surface area contributed by atoms with E-state index in [0.29, 0.717) is 0 Å². The van der Waals surface area contributed by atoms with Gasteiger partial charge < -0.3 is 9.32 Å². The van der Waals surface area contributed by atoms with E-state index >= 15 is 0 Å². The highest BCUT2D eigenvalue weighted by Crippen LogP contribution is 2.43. The lowest BCUT2D eigenvalue weighted by atomic mass is 9.98. The van der Waals surface area contributed by atoms with Crippen LogP contribution in [-0.4, -0.2) is 0 Å². The predicted octanol–water partition coefficient (Wildman–Crippen LogP) is 17.8. The van der Waals surface area contributed by atoms with Crippen LogP contribution in [0.1, 0.15) is 0 Å². The fourth-order valence-electron chi connectivity index (χ4n) is 9.17. The average Bonchev–Trinajstić information content (AvgIpc) is 3.94. The van der Waals surface area contributed by atoms with Gasteiger partial charge in [0.25, 0.3) is 0 Å². The van der Waals surface area contributed by atoms with Gasteiger partial charge in [-0.05, 0) is 111 Å². The normalized spacial score (nSPS) is 11.5. The molecule has 63 heavy (non-hydrogen) atoms. The van der Waals surface area contributed by atoms with Crippen LogP contribution in [0.15, 0.2) is 241 Å². The van der Waals surface area contributed by atoms with Crippen LogP contribution in [0.4, 0.5) is 17.1 Å². The van der Waals surface area contributed by atoms with Crippen LogP contribution in [0.25, 0.3) is 97.7 Å². The van der Waals surface area contributed by atoms with Gasteiger partial charge in [-0.25, -0.2) is 0 Å². The second-order valence-corrected chi connectivity index (χ2v) is 17.1. The third kappa shape index (κ3) is 6.67. The number of thiophene rings is 1. The molecule has 296 valence electrons. The number of anilines is 3. The van der Waals surface area contributed by atoms with E-state index in [4.69, 9.17) is 4.42 Å². The lowest BCUT2D eigenvalue weighted by Crippen LogP contribution is -2.09. The maximum absolute atomic E-state index is 6.50. The predicted molar refractivity (Wildman–Crippen MR) is 268 cm³/mol. The van der Waals surface area contributed by atoms with Crippen LogP contribution in [0.3, 0.4) is 0 Å². The highest BCUT2D eigenvalue weighted by Gasteiger charge is 2.17. The number of furan rings is 1. The van der Waals surface area contributed by atoms with Crippen LogP contribution in [0.5, 0.6) is 0 Å². The van der Waals surface area contributed by atoms with Gasteiger partial charge in [-0.15, -0.1) is 11.3 Å². The number of hydrogen-bond donors (Lipinski definition) is 0. The van der Waals surface area contributed by atoms with Gasteiger partial charge in [-0.3, -0.25) is 0 Å². The van der Waals surface area contributed by atoms with E-state index in [2.05, 4.69) is 235 Å². The molecule has 0 unspecified atom stereocenters. The third-order valence-electron chi connectivity index (χ3n) is 12.3. The van der Waals surface area contributed by atoms with Gasteiger partial charge >= 0.3 is 0 Å². The van der Waals surface area contributed by atoms with E-state index in [1.807, 2.05) is 17.4 Å². The molecule has 10 aromatic carbocycles. The third-order valence-corrected chi connectivity index (χ3v) is 13.5. The first-order chi connectivity index (χ1) is 31.2. The van der Waals surface area contributed by atoms with Gasteiger partial charge in [0, 0.05) is 53.6 Å². The number of rotatable bonds is 8. The van der Waals surface area contributed by atoms with Crippen molar-refractivity contribution in [1.29, 1.82) is 0 Å². The van der Waals surface area contributed by atoms with Crippen molar-refractivity contribution in [2.24, 2.45) is 0 Å². The molecule has 0 aliphatic rings. The second-order valence-electron chi connectivity index (χ2n) is 16.1. The molecule has 2 nitrogen and oxygen atoms in total. The molecular weight excluding hydrogens is 783 g/mol. The van der Waals surface area contributed by atoms with Crippen LogP contribution < -0.4 is 4.90 Å². The van der Waals surface area contributed by atoms with Crippen LogP contribution in [0, 0.1) is 0 Å². The van der Waals surface area contributed by atoms with Crippen LogP contribution in [0.2, 0.25) is 0 Å². The van der Waals surface area contributed by atoms with Crippen molar-refractivity contribution in [1.82, 2.24) is 0 Å². The quantitative estimate of drug-likeness (QED) is 0.152. The van der Waals surface area contributed by atoms with Crippen LogP contribution in [-0.2, 0) is 0 Å². The van der Waals surface area contributed by atoms with E-state index < -0.39 is 0 Å². The average molecular weight is 822 g/mol. The van der Waals surface area contributed by atoms with E-state index in [0.717, 1.165) is 61.3 Å². The number of para-hydroxylation sites is 1. The second kappa shape index (κ2) is 15.5. The van der Waals surface area contributed by atoms with Gasteiger partial charge in [0.2, 0.25) is 0 Å². The Balaban J connectivity index is 0.908. The molecule has 2 heterocycles. The Kier molecular flexibility index (Phi) is 9.06. The molecule has 0 saturated carbocycles. The minimum atomic E-state index is 0.891. The molecule has 0 spiro atoms. The van der Waals surface area contributed by atoms with E-state index in [1.165, 1.54) is 53.6 Å². The zero-order valence-electron chi connectivity index (χ0n) is 34.3. The summed E-state index contributed by atoms with van der Waals surface area (Å²) in [6.45, 7) is 0. The van der Waals surface area contributed by atoms with Crippen LogP contribution >= 0.6 is 11.3 Å². The van der Waals surface area contributed by atoms with Gasteiger partial charge in [0.1, 0.15) is 11.2 Å². The molecule has 12 rings (SSSR count). The van der Waals surface area contributed by atoms with Gasteiger partial charge in [-0.2, -0.15) is 0 Å². The summed E-state index contributed by atoms with van der Waals surface area (Å²) in [7, 11) is 0. The highest BCUT2D eigenvalue weighted by atomic mass is 32.1. The smallest absolute Gasteiger partial charge is 0.143 e. The summed E-state index contributed by atoms with van der Waals surface area (Å²) in [6.07, 6.45) is 0. The number of fused-ring (bicyclic) bond motifs is 6. The topological polar surface area (TPSA) is 16.4 Å². The molecule has 0 aliphatic heterocycles. The largest absolute Gasteiger partial charge is 0.455 e. The van der Waals surface area contributed by atoms with Gasteiger partial charge in [0.15, 0.2) is 0 Å². The summed E-state index contributed by atoms with van der Waals surface area (Å²) in [5, 5.41) is 4.88. The molecule has 0 saturated heterocycles. The van der Waals surface area contributed by atoms with Crippen molar-refractivity contribution in [3.63, 3.8) is 0 Å². The molecular formula is C60H39NOS. The maximum Gasteiger partial charge on any atom is 0.143 e. The molecule has 0 atom stereocenters. The SMILES string of the molecule is c1ccc(-c2ccc(-c3ccc(N(c4ccc(-c5ccc6oc7c(-c8ccccc8)cccc7c6c5)cc4)c4ccc(-c5cccc6sc7ccccc7c56)cc4)cc3)cc2)cc1. The summed E-state index contributed by atoms with van der Waals surface area (Å²) in [5.74, 6) is 0.